The molecular formula is C124H250O. The highest BCUT2D eigenvalue weighted by molar-refractivity contribution is 4.78. The quantitative estimate of drug-likeness (QED) is 0.0643. The monoisotopic (exact) mass is 1760 g/mol. The number of unbranched alkanes of at least 4 members (excludes halogenated alkanes) is 16. The van der Waals surface area contributed by atoms with Crippen molar-refractivity contribution in [2.75, 3.05) is 6.61 Å². The van der Waals surface area contributed by atoms with E-state index in [1.54, 1.807) is 0 Å². The Kier molecular flexibility index (Phi) is 98.4. The van der Waals surface area contributed by atoms with Crippen LogP contribution in [0.1, 0.15) is 701 Å². The van der Waals surface area contributed by atoms with E-state index in [4.69, 9.17) is 0 Å². The average Bonchev–Trinajstić information content (AvgIpc) is 0.957. The molecule has 0 atom stereocenters. The third-order valence-corrected chi connectivity index (χ3v) is 33.4. The van der Waals surface area contributed by atoms with Crippen molar-refractivity contribution >= 4 is 0 Å². The summed E-state index contributed by atoms with van der Waals surface area (Å²) >= 11 is 0. The van der Waals surface area contributed by atoms with Crippen LogP contribution in [0.4, 0.5) is 0 Å². The summed E-state index contributed by atoms with van der Waals surface area (Å²) in [6.45, 7) is 39.3. The molecule has 1 heteroatoms. The van der Waals surface area contributed by atoms with E-state index in [1.165, 1.54) is 584 Å². The van der Waals surface area contributed by atoms with Crippen molar-refractivity contribution in [3.8, 4) is 0 Å². The number of aliphatic hydroxyl groups is 1. The number of hydrogen-bond acceptors (Lipinski definition) is 1. The molecule has 0 heterocycles. The Balaban J connectivity index is 7.70. The van der Waals surface area contributed by atoms with E-state index < -0.39 is 0 Å². The molecule has 0 aromatic heterocycles. The fourth-order valence-electron chi connectivity index (χ4n) is 24.5. The minimum atomic E-state index is 0.380. The summed E-state index contributed by atoms with van der Waals surface area (Å²) in [5.74, 6) is 14.1. The van der Waals surface area contributed by atoms with Crippen LogP contribution in [-0.4, -0.2) is 11.7 Å². The van der Waals surface area contributed by atoms with Crippen molar-refractivity contribution in [1.82, 2.24) is 0 Å². The molecule has 0 fully saturated rings. The van der Waals surface area contributed by atoms with Crippen LogP contribution < -0.4 is 0 Å². The van der Waals surface area contributed by atoms with Gasteiger partial charge < -0.3 is 5.11 Å². The molecule has 0 amide bonds. The van der Waals surface area contributed by atoms with Crippen LogP contribution in [0, 0.1) is 88.8 Å². The summed E-state index contributed by atoms with van der Waals surface area (Å²) in [5, 5.41) is 10.7. The van der Waals surface area contributed by atoms with Gasteiger partial charge in [0.1, 0.15) is 0 Å². The van der Waals surface area contributed by atoms with E-state index in [-0.39, 0.29) is 0 Å². The van der Waals surface area contributed by atoms with Crippen molar-refractivity contribution in [1.29, 1.82) is 0 Å². The Hall–Kier alpha value is -0.0400. The molecule has 0 unspecified atom stereocenters. The second-order valence-corrected chi connectivity index (χ2v) is 45.2. The molecule has 0 aliphatic rings. The van der Waals surface area contributed by atoms with Gasteiger partial charge >= 0.3 is 0 Å². The molecule has 0 saturated carbocycles. The zero-order valence-electron chi connectivity index (χ0n) is 90.9. The summed E-state index contributed by atoms with van der Waals surface area (Å²) in [6.07, 6.45) is 133. The van der Waals surface area contributed by atoms with Crippen molar-refractivity contribution in [3.63, 3.8) is 0 Å². The fourth-order valence-corrected chi connectivity index (χ4v) is 24.5. The standard InChI is InChI=1S/C124H250O/c1-17-33-64-110(65-34-18-2)80-49-88-118(89-50-81-111(66-35-19-3)67-36-20-4)96-57-100-122(101-58-97-119(90-51-82-112(68-37-21-5)69-38-22-6)91-52-83-113(70-39-23-7)71-40-24-8)104-61-106-124(108-63-109-125)107-62-105-123(102-59-98-120(92-53-84-114(72-41-25-9)73-42-26-10)93-54-85-115(74-43-27-11)75-44-28-12)103-60-99-121(94-55-86-116(76-45-29-13)77-46-30-14)95-56-87-117(78-47-31-15)79-48-32-16/h110-125H,17-109H2,1-16H3. The van der Waals surface area contributed by atoms with Gasteiger partial charge in [-0.25, -0.2) is 0 Å². The van der Waals surface area contributed by atoms with Crippen molar-refractivity contribution in [2.24, 2.45) is 88.8 Å². The summed E-state index contributed by atoms with van der Waals surface area (Å²) < 4.78 is 0. The van der Waals surface area contributed by atoms with E-state index in [1.807, 2.05) is 0 Å². The maximum atomic E-state index is 10.7. The minimum Gasteiger partial charge on any atom is -0.396 e. The molecule has 1 nitrogen and oxygen atoms in total. The van der Waals surface area contributed by atoms with Crippen LogP contribution in [0.5, 0.6) is 0 Å². The Labute approximate surface area is 796 Å². The maximum absolute atomic E-state index is 10.7. The smallest absolute Gasteiger partial charge is 0.0431 e. The van der Waals surface area contributed by atoms with Gasteiger partial charge in [0.25, 0.3) is 0 Å². The number of hydrogen-bond donors (Lipinski definition) is 1. The minimum absolute atomic E-state index is 0.380. The molecule has 0 bridgehead atoms. The second-order valence-electron chi connectivity index (χ2n) is 45.2. The van der Waals surface area contributed by atoms with Gasteiger partial charge in [-0.2, -0.15) is 0 Å². The Morgan fingerprint density at radius 2 is 0.144 bits per heavy atom. The largest absolute Gasteiger partial charge is 0.396 e. The van der Waals surface area contributed by atoms with E-state index in [9.17, 15) is 5.11 Å². The SMILES string of the molecule is CCCCC(CCCC)CCCC(CCCC(CCCC)CCCC)CCCC(CCCC(CCCO)CCCC(CCCC(CCCC(CCCC)CCCC)CCCC(CCCC)CCCC)CCCC(CCCC(CCCC)CCCC)CCCC(CCCC)CCCC)CCCC(CCCC(CCCC)CCCC)CCCC(CCCC)CCCC. The molecule has 0 rings (SSSR count). The lowest BCUT2D eigenvalue weighted by Gasteiger charge is -2.25. The topological polar surface area (TPSA) is 20.2 Å². The lowest BCUT2D eigenvalue weighted by Crippen LogP contribution is -2.11. The van der Waals surface area contributed by atoms with E-state index in [2.05, 4.69) is 111 Å². The summed E-state index contributed by atoms with van der Waals surface area (Å²) in [5.41, 5.74) is 0. The van der Waals surface area contributed by atoms with Crippen LogP contribution >= 0.6 is 0 Å². The third kappa shape index (κ3) is 79.8. The molecule has 0 aromatic rings. The second kappa shape index (κ2) is 98.5. The first-order valence-electron chi connectivity index (χ1n) is 61.0. The van der Waals surface area contributed by atoms with Gasteiger partial charge in [-0.15, -0.1) is 0 Å². The molecule has 0 aliphatic heterocycles. The molecule has 0 aromatic carbocycles. The van der Waals surface area contributed by atoms with Gasteiger partial charge in [0.05, 0.1) is 0 Å². The number of rotatable bonds is 107. The summed E-state index contributed by atoms with van der Waals surface area (Å²) in [4.78, 5) is 0. The lowest BCUT2D eigenvalue weighted by molar-refractivity contribution is 0.252. The van der Waals surface area contributed by atoms with Crippen molar-refractivity contribution in [2.45, 2.75) is 701 Å². The van der Waals surface area contributed by atoms with Crippen LogP contribution in [0.2, 0.25) is 0 Å². The highest BCUT2D eigenvalue weighted by Gasteiger charge is 2.24. The molecule has 0 radical (unpaired) electrons. The Bertz CT molecular complexity index is 1540. The van der Waals surface area contributed by atoms with Gasteiger partial charge in [-0.3, -0.25) is 0 Å². The molecule has 1 N–H and O–H groups in total. The first kappa shape index (κ1) is 125. The van der Waals surface area contributed by atoms with Gasteiger partial charge in [-0.05, 0) is 102 Å². The molecule has 125 heavy (non-hydrogen) atoms. The normalized spacial score (nSPS) is 12.6. The maximum Gasteiger partial charge on any atom is 0.0431 e. The first-order valence-corrected chi connectivity index (χ1v) is 61.0. The van der Waals surface area contributed by atoms with Crippen molar-refractivity contribution in [3.05, 3.63) is 0 Å². The first-order chi connectivity index (χ1) is 61.4. The van der Waals surface area contributed by atoms with E-state index in [0.29, 0.717) is 6.61 Å². The van der Waals surface area contributed by atoms with Crippen LogP contribution in [-0.2, 0) is 0 Å². The van der Waals surface area contributed by atoms with Crippen LogP contribution in [0.25, 0.3) is 0 Å². The molecular weight excluding hydrogens is 1510 g/mol. The Morgan fingerprint density at radius 1 is 0.0880 bits per heavy atom. The molecule has 0 aliphatic carbocycles. The van der Waals surface area contributed by atoms with E-state index >= 15 is 0 Å². The third-order valence-electron chi connectivity index (χ3n) is 33.4. The highest BCUT2D eigenvalue weighted by atomic mass is 16.3. The number of aliphatic hydroxyl groups excluding tert-OH is 1. The highest BCUT2D eigenvalue weighted by Crippen LogP contribution is 2.40. The fraction of sp³-hybridized carbons (Fsp3) is 1.00. The summed E-state index contributed by atoms with van der Waals surface area (Å²) in [7, 11) is 0. The average molecular weight is 1760 g/mol. The molecule has 752 valence electrons. The Morgan fingerprint density at radius 3 is 0.200 bits per heavy atom. The predicted molar refractivity (Wildman–Crippen MR) is 575 cm³/mol. The van der Waals surface area contributed by atoms with Gasteiger partial charge in [0.2, 0.25) is 0 Å². The van der Waals surface area contributed by atoms with E-state index in [0.717, 1.165) is 95.2 Å². The van der Waals surface area contributed by atoms with Gasteiger partial charge in [-0.1, -0.05) is 689 Å². The zero-order chi connectivity index (χ0) is 91.4. The molecule has 0 saturated heterocycles. The lowest BCUT2D eigenvalue weighted by atomic mass is 9.81. The summed E-state index contributed by atoms with van der Waals surface area (Å²) in [6, 6.07) is 0. The molecule has 0 spiro atoms. The van der Waals surface area contributed by atoms with Gasteiger partial charge in [0.15, 0.2) is 0 Å². The zero-order valence-corrected chi connectivity index (χ0v) is 90.9. The van der Waals surface area contributed by atoms with Crippen LogP contribution in [0.15, 0.2) is 0 Å². The van der Waals surface area contributed by atoms with Crippen molar-refractivity contribution < 1.29 is 5.11 Å². The van der Waals surface area contributed by atoms with Crippen LogP contribution in [0.3, 0.4) is 0 Å². The van der Waals surface area contributed by atoms with Gasteiger partial charge in [0, 0.05) is 6.61 Å². The predicted octanol–water partition coefficient (Wildman–Crippen LogP) is 45.4.